The molecular formula is C36H48O5S. The molecule has 42 heavy (non-hydrogen) atoms. The molecule has 0 saturated heterocycles. The number of thioether (sulfide) groups is 1. The summed E-state index contributed by atoms with van der Waals surface area (Å²) in [5, 5.41) is 0. The minimum atomic E-state index is -0.0543. The van der Waals surface area contributed by atoms with Crippen LogP contribution in [0.5, 0.6) is 11.5 Å². The van der Waals surface area contributed by atoms with E-state index in [-0.39, 0.29) is 10.8 Å². The van der Waals surface area contributed by atoms with E-state index in [2.05, 4.69) is 91.1 Å². The van der Waals surface area contributed by atoms with Crippen molar-refractivity contribution in [1.29, 1.82) is 0 Å². The molecule has 1 aliphatic heterocycles. The maximum atomic E-state index is 6.15. The molecule has 0 amide bonds. The summed E-state index contributed by atoms with van der Waals surface area (Å²) in [4.78, 5) is 1.18. The highest BCUT2D eigenvalue weighted by Gasteiger charge is 2.26. The second-order valence-corrected chi connectivity index (χ2v) is 13.9. The van der Waals surface area contributed by atoms with Gasteiger partial charge in [-0.15, -0.1) is 11.8 Å². The Balaban J connectivity index is 2.10. The van der Waals surface area contributed by atoms with E-state index in [0.717, 1.165) is 44.9 Å². The van der Waals surface area contributed by atoms with Gasteiger partial charge in [0.1, 0.15) is 11.5 Å². The van der Waals surface area contributed by atoms with Gasteiger partial charge in [-0.05, 0) is 76.1 Å². The Hall–Kier alpha value is -2.51. The van der Waals surface area contributed by atoms with Crippen LogP contribution < -0.4 is 9.47 Å². The number of hydrogen-bond acceptors (Lipinski definition) is 6. The lowest BCUT2D eigenvalue weighted by Gasteiger charge is -2.27. The molecule has 3 aromatic carbocycles. The number of rotatable bonds is 3. The van der Waals surface area contributed by atoms with E-state index in [1.165, 1.54) is 21.6 Å². The normalized spacial score (nSPS) is 15.1. The molecule has 0 radical (unpaired) electrons. The Kier molecular flexibility index (Phi) is 10.4. The molecule has 4 rings (SSSR count). The van der Waals surface area contributed by atoms with E-state index in [0.29, 0.717) is 39.6 Å². The average molecular weight is 593 g/mol. The first-order valence-corrected chi connectivity index (χ1v) is 16.0. The molecule has 0 aliphatic carbocycles. The Bertz CT molecular complexity index is 1300. The minimum Gasteiger partial charge on any atom is -0.496 e. The summed E-state index contributed by atoms with van der Waals surface area (Å²) in [6.07, 6.45) is 2.15. The first-order chi connectivity index (χ1) is 19.9. The monoisotopic (exact) mass is 592 g/mol. The van der Waals surface area contributed by atoms with E-state index in [4.69, 9.17) is 23.7 Å². The van der Waals surface area contributed by atoms with Crippen LogP contribution in [0.15, 0.2) is 41.3 Å². The van der Waals surface area contributed by atoms with Crippen molar-refractivity contribution in [2.45, 2.75) is 77.4 Å². The summed E-state index contributed by atoms with van der Waals surface area (Å²) in [7, 11) is 3.51. The molecule has 0 unspecified atom stereocenters. The Morgan fingerprint density at radius 3 is 1.36 bits per heavy atom. The van der Waals surface area contributed by atoms with Crippen molar-refractivity contribution in [1.82, 2.24) is 0 Å². The third kappa shape index (κ3) is 7.16. The topological polar surface area (TPSA) is 46.2 Å². The summed E-state index contributed by atoms with van der Waals surface area (Å²) < 4.78 is 30.3. The number of hydrogen-bond donors (Lipinski definition) is 0. The summed E-state index contributed by atoms with van der Waals surface area (Å²) >= 11 is 1.76. The molecular weight excluding hydrogens is 544 g/mol. The van der Waals surface area contributed by atoms with Gasteiger partial charge in [0.2, 0.25) is 0 Å². The van der Waals surface area contributed by atoms with Crippen molar-refractivity contribution in [2.24, 2.45) is 0 Å². The van der Waals surface area contributed by atoms with Crippen LogP contribution in [0, 0.1) is 6.92 Å². The third-order valence-electron chi connectivity index (χ3n) is 7.75. The van der Waals surface area contributed by atoms with Gasteiger partial charge in [0.15, 0.2) is 0 Å². The van der Waals surface area contributed by atoms with Crippen molar-refractivity contribution in [2.75, 3.05) is 46.9 Å². The van der Waals surface area contributed by atoms with E-state index in [1.54, 1.807) is 26.0 Å². The van der Waals surface area contributed by atoms with Crippen LogP contribution in [0.1, 0.15) is 69.4 Å². The van der Waals surface area contributed by atoms with E-state index < -0.39 is 0 Å². The fraction of sp³-hybridized carbons (Fsp3) is 0.500. The first kappa shape index (κ1) is 32.4. The lowest BCUT2D eigenvalue weighted by Crippen LogP contribution is -2.14. The second kappa shape index (κ2) is 13.4. The highest BCUT2D eigenvalue weighted by atomic mass is 32.2. The lowest BCUT2D eigenvalue weighted by molar-refractivity contribution is 0.00651. The average Bonchev–Trinajstić information content (AvgIpc) is 2.93. The zero-order valence-corrected chi connectivity index (χ0v) is 28.0. The van der Waals surface area contributed by atoms with Gasteiger partial charge in [0.25, 0.3) is 0 Å². The maximum Gasteiger partial charge on any atom is 0.132 e. The minimum absolute atomic E-state index is 0.0543. The van der Waals surface area contributed by atoms with Crippen molar-refractivity contribution in [3.05, 3.63) is 64.2 Å². The van der Waals surface area contributed by atoms with Gasteiger partial charge in [0, 0.05) is 27.1 Å². The highest BCUT2D eigenvalue weighted by Crippen LogP contribution is 2.48. The third-order valence-corrected chi connectivity index (χ3v) is 8.60. The van der Waals surface area contributed by atoms with Gasteiger partial charge in [-0.3, -0.25) is 0 Å². The van der Waals surface area contributed by atoms with Crippen LogP contribution in [0.4, 0.5) is 0 Å². The van der Waals surface area contributed by atoms with Gasteiger partial charge in [0.05, 0.1) is 53.9 Å². The van der Waals surface area contributed by atoms with E-state index in [9.17, 15) is 0 Å². The number of benzene rings is 3. The molecule has 5 nitrogen and oxygen atoms in total. The molecule has 0 fully saturated rings. The second-order valence-electron chi connectivity index (χ2n) is 13.0. The fourth-order valence-electron chi connectivity index (χ4n) is 5.44. The van der Waals surface area contributed by atoms with Gasteiger partial charge < -0.3 is 23.7 Å². The fourth-order valence-corrected chi connectivity index (χ4v) is 6.21. The van der Waals surface area contributed by atoms with Crippen molar-refractivity contribution in [3.63, 3.8) is 0 Å². The Labute approximate surface area is 257 Å². The van der Waals surface area contributed by atoms with Gasteiger partial charge in [-0.2, -0.15) is 0 Å². The van der Waals surface area contributed by atoms with E-state index in [1.807, 2.05) is 0 Å². The molecule has 6 heteroatoms. The SMILES string of the molecule is COc1c2cc(C(C)(C)C)cc1-c1cc(C)cc(c1SC)-c1cc(C(C)(C)C)cc(c1OC)COCCOCCOC2. The van der Waals surface area contributed by atoms with Gasteiger partial charge >= 0.3 is 0 Å². The molecule has 0 saturated carbocycles. The first-order valence-electron chi connectivity index (χ1n) is 14.7. The lowest BCUT2D eigenvalue weighted by atomic mass is 9.82. The highest BCUT2D eigenvalue weighted by molar-refractivity contribution is 7.98. The summed E-state index contributed by atoms with van der Waals surface area (Å²) in [5.41, 5.74) is 10.1. The molecule has 0 aromatic heterocycles. The number of ether oxygens (including phenoxy) is 5. The standard InChI is InChI=1S/C36H48O5S/c1-23-15-30-28-19-26(35(2,3)4)17-24(32(28)37-8)21-40-13-11-39-12-14-41-22-25-18-27(36(5,6)7)20-29(33(25)38-9)31(16-23)34(30)42-10/h15-20H,11-14,21-22H2,1-10H3. The molecule has 1 heterocycles. The zero-order valence-electron chi connectivity index (χ0n) is 27.2. The summed E-state index contributed by atoms with van der Waals surface area (Å²) in [6, 6.07) is 13.6. The predicted octanol–water partition coefficient (Wildman–Crippen LogP) is 8.73. The number of fused-ring (bicyclic) bond motifs is 8. The van der Waals surface area contributed by atoms with Crippen molar-refractivity contribution < 1.29 is 23.7 Å². The molecule has 0 atom stereocenters. The zero-order chi connectivity index (χ0) is 30.7. The number of methoxy groups -OCH3 is 2. The van der Waals surface area contributed by atoms with E-state index >= 15 is 0 Å². The van der Waals surface area contributed by atoms with Crippen LogP contribution in [0.25, 0.3) is 22.3 Å². The van der Waals surface area contributed by atoms with Crippen LogP contribution in [-0.4, -0.2) is 46.9 Å². The Morgan fingerprint density at radius 2 is 1.00 bits per heavy atom. The quantitative estimate of drug-likeness (QED) is 0.284. The van der Waals surface area contributed by atoms with Crippen LogP contribution in [-0.2, 0) is 38.3 Å². The summed E-state index contributed by atoms with van der Waals surface area (Å²) in [5.74, 6) is 1.70. The maximum absolute atomic E-state index is 6.15. The molecule has 6 bridgehead atoms. The molecule has 0 spiro atoms. The van der Waals surface area contributed by atoms with Crippen LogP contribution in [0.2, 0.25) is 0 Å². The molecule has 1 aliphatic rings. The summed E-state index contributed by atoms with van der Waals surface area (Å²) in [6.45, 7) is 18.5. The molecule has 3 aromatic rings. The van der Waals surface area contributed by atoms with Crippen molar-refractivity contribution in [3.8, 4) is 33.8 Å². The smallest absolute Gasteiger partial charge is 0.132 e. The number of aryl methyl sites for hydroxylation is 1. The largest absolute Gasteiger partial charge is 0.496 e. The van der Waals surface area contributed by atoms with Gasteiger partial charge in [-0.1, -0.05) is 53.7 Å². The van der Waals surface area contributed by atoms with Crippen LogP contribution >= 0.6 is 11.8 Å². The van der Waals surface area contributed by atoms with Crippen LogP contribution in [0.3, 0.4) is 0 Å². The van der Waals surface area contributed by atoms with Gasteiger partial charge in [-0.25, -0.2) is 0 Å². The predicted molar refractivity (Wildman–Crippen MR) is 174 cm³/mol. The Morgan fingerprint density at radius 1 is 0.595 bits per heavy atom. The molecule has 0 N–H and O–H groups in total. The van der Waals surface area contributed by atoms with Crippen molar-refractivity contribution >= 4 is 11.8 Å². The molecule has 228 valence electrons.